The van der Waals surface area contributed by atoms with Gasteiger partial charge in [0, 0.05) is 29.9 Å². The molecular formula is C21H22BrN3O3. The molecule has 0 atom stereocenters. The van der Waals surface area contributed by atoms with Gasteiger partial charge in [-0.05, 0) is 55.0 Å². The van der Waals surface area contributed by atoms with E-state index in [-0.39, 0.29) is 5.57 Å². The maximum atomic E-state index is 12.5. The Morgan fingerprint density at radius 2 is 1.93 bits per heavy atom. The third-order valence-corrected chi connectivity index (χ3v) is 4.58. The summed E-state index contributed by atoms with van der Waals surface area (Å²) >= 11 is 3.45. The molecule has 28 heavy (non-hydrogen) atoms. The first-order chi connectivity index (χ1) is 13.4. The molecule has 0 unspecified atom stereocenters. The predicted octanol–water partition coefficient (Wildman–Crippen LogP) is 4.47. The number of nitrogens with one attached hydrogen (secondary N) is 1. The van der Waals surface area contributed by atoms with E-state index in [4.69, 9.17) is 9.47 Å². The molecule has 7 heteroatoms. The van der Waals surface area contributed by atoms with Crippen LogP contribution in [0.15, 0.2) is 46.4 Å². The largest absolute Gasteiger partial charge is 0.493 e. The van der Waals surface area contributed by atoms with Gasteiger partial charge in [0.15, 0.2) is 11.5 Å². The monoisotopic (exact) mass is 443 g/mol. The van der Waals surface area contributed by atoms with E-state index in [1.807, 2.05) is 44.1 Å². The summed E-state index contributed by atoms with van der Waals surface area (Å²) in [5, 5.41) is 12.2. The minimum atomic E-state index is -0.486. The van der Waals surface area contributed by atoms with Crippen molar-refractivity contribution < 1.29 is 14.3 Å². The van der Waals surface area contributed by atoms with Gasteiger partial charge in [0.2, 0.25) is 0 Å². The number of nitrogens with zero attached hydrogens (tertiary/aromatic N) is 2. The van der Waals surface area contributed by atoms with Crippen LogP contribution in [-0.2, 0) is 4.79 Å². The lowest BCUT2D eigenvalue weighted by Crippen LogP contribution is -2.14. The molecule has 0 aliphatic rings. The number of anilines is 2. The minimum Gasteiger partial charge on any atom is -0.493 e. The zero-order valence-electron chi connectivity index (χ0n) is 16.2. The molecule has 0 radical (unpaired) electrons. The van der Waals surface area contributed by atoms with Crippen molar-refractivity contribution in [3.8, 4) is 17.6 Å². The Labute approximate surface area is 173 Å². The van der Waals surface area contributed by atoms with E-state index in [1.54, 1.807) is 24.3 Å². The smallest absolute Gasteiger partial charge is 0.266 e. The molecule has 0 aromatic heterocycles. The summed E-state index contributed by atoms with van der Waals surface area (Å²) in [6.07, 6.45) is 1.51. The Balaban J connectivity index is 2.27. The second-order valence-corrected chi connectivity index (χ2v) is 6.88. The maximum absolute atomic E-state index is 12.5. The van der Waals surface area contributed by atoms with Gasteiger partial charge in [0.1, 0.15) is 11.6 Å². The topological polar surface area (TPSA) is 74.6 Å². The Morgan fingerprint density at radius 3 is 2.46 bits per heavy atom. The van der Waals surface area contributed by atoms with Crippen molar-refractivity contribution >= 4 is 39.3 Å². The predicted molar refractivity (Wildman–Crippen MR) is 115 cm³/mol. The summed E-state index contributed by atoms with van der Waals surface area (Å²) < 4.78 is 11.5. The van der Waals surface area contributed by atoms with E-state index in [1.165, 1.54) is 13.2 Å². The second kappa shape index (κ2) is 9.81. The molecule has 2 rings (SSSR count). The van der Waals surface area contributed by atoms with Gasteiger partial charge >= 0.3 is 0 Å². The van der Waals surface area contributed by atoms with Crippen molar-refractivity contribution in [2.75, 3.05) is 38.0 Å². The molecule has 2 aromatic rings. The van der Waals surface area contributed by atoms with Crippen LogP contribution in [0.1, 0.15) is 12.5 Å². The lowest BCUT2D eigenvalue weighted by Gasteiger charge is -2.13. The molecule has 1 amide bonds. The Bertz CT molecular complexity index is 916. The summed E-state index contributed by atoms with van der Waals surface area (Å²) in [7, 11) is 5.41. The van der Waals surface area contributed by atoms with Crippen molar-refractivity contribution in [2.24, 2.45) is 0 Å². The first-order valence-electron chi connectivity index (χ1n) is 8.60. The number of methoxy groups -OCH3 is 1. The number of ether oxygens (including phenoxy) is 2. The van der Waals surface area contributed by atoms with Crippen LogP contribution in [0.3, 0.4) is 0 Å². The molecule has 0 spiro atoms. The highest BCUT2D eigenvalue weighted by atomic mass is 79.9. The third-order valence-electron chi connectivity index (χ3n) is 3.89. The highest BCUT2D eigenvalue weighted by Crippen LogP contribution is 2.34. The second-order valence-electron chi connectivity index (χ2n) is 6.02. The molecule has 0 aliphatic carbocycles. The number of halogens is 1. The Hall–Kier alpha value is -2.98. The Morgan fingerprint density at radius 1 is 1.25 bits per heavy atom. The highest BCUT2D eigenvalue weighted by molar-refractivity contribution is 9.10. The number of nitriles is 1. The normalized spacial score (nSPS) is 10.8. The van der Waals surface area contributed by atoms with E-state index in [2.05, 4.69) is 21.2 Å². The van der Waals surface area contributed by atoms with Crippen LogP contribution in [0, 0.1) is 11.3 Å². The van der Waals surface area contributed by atoms with Crippen molar-refractivity contribution in [3.63, 3.8) is 0 Å². The first-order valence-corrected chi connectivity index (χ1v) is 9.39. The maximum Gasteiger partial charge on any atom is 0.266 e. The van der Waals surface area contributed by atoms with Crippen LogP contribution in [0.5, 0.6) is 11.5 Å². The zero-order valence-corrected chi connectivity index (χ0v) is 17.8. The fourth-order valence-electron chi connectivity index (χ4n) is 2.43. The number of hydrogen-bond donors (Lipinski definition) is 1. The zero-order chi connectivity index (χ0) is 20.7. The van der Waals surface area contributed by atoms with Gasteiger partial charge in [-0.15, -0.1) is 0 Å². The highest BCUT2D eigenvalue weighted by Gasteiger charge is 2.13. The van der Waals surface area contributed by atoms with Crippen LogP contribution < -0.4 is 19.7 Å². The SMILES string of the molecule is CCOc1cc(Br)c(/C=C(/C#N)C(=O)Nc2ccc(N(C)C)cc2)cc1OC. The minimum absolute atomic E-state index is 0.0244. The summed E-state index contributed by atoms with van der Waals surface area (Å²) in [4.78, 5) is 14.5. The molecule has 6 nitrogen and oxygen atoms in total. The van der Waals surface area contributed by atoms with Crippen molar-refractivity contribution in [3.05, 3.63) is 52.0 Å². The molecule has 0 aliphatic heterocycles. The number of carbonyl (C=O) groups excluding carboxylic acids is 1. The van der Waals surface area contributed by atoms with Crippen LogP contribution in [0.2, 0.25) is 0 Å². The molecule has 0 heterocycles. The molecular weight excluding hydrogens is 422 g/mol. The van der Waals surface area contributed by atoms with Crippen LogP contribution in [0.25, 0.3) is 6.08 Å². The van der Waals surface area contributed by atoms with Gasteiger partial charge in [-0.2, -0.15) is 5.26 Å². The van der Waals surface area contributed by atoms with Gasteiger partial charge in [0.05, 0.1) is 13.7 Å². The Kier molecular flexibility index (Phi) is 7.47. The summed E-state index contributed by atoms with van der Waals surface area (Å²) in [6.45, 7) is 2.38. The lowest BCUT2D eigenvalue weighted by molar-refractivity contribution is -0.112. The van der Waals surface area contributed by atoms with Crippen molar-refractivity contribution in [2.45, 2.75) is 6.92 Å². The molecule has 1 N–H and O–H groups in total. The molecule has 0 bridgehead atoms. The standard InChI is InChI=1S/C21H22BrN3O3/c1-5-28-20-12-18(22)14(11-19(20)27-4)10-15(13-23)21(26)24-16-6-8-17(9-7-16)25(2)3/h6-12H,5H2,1-4H3,(H,24,26)/b15-10-. The quantitative estimate of drug-likeness (QED) is 0.504. The van der Waals surface area contributed by atoms with Gasteiger partial charge in [-0.25, -0.2) is 0 Å². The van der Waals surface area contributed by atoms with E-state index >= 15 is 0 Å². The van der Waals surface area contributed by atoms with E-state index in [0.717, 1.165) is 5.69 Å². The summed E-state index contributed by atoms with van der Waals surface area (Å²) in [5.74, 6) is 0.617. The summed E-state index contributed by atoms with van der Waals surface area (Å²) in [6, 6.07) is 12.8. The van der Waals surface area contributed by atoms with E-state index in [0.29, 0.717) is 33.8 Å². The average Bonchev–Trinajstić information content (AvgIpc) is 2.68. The van der Waals surface area contributed by atoms with Crippen molar-refractivity contribution in [1.82, 2.24) is 0 Å². The van der Waals surface area contributed by atoms with Crippen molar-refractivity contribution in [1.29, 1.82) is 5.26 Å². The first kappa shape index (κ1) is 21.3. The van der Waals surface area contributed by atoms with Crippen LogP contribution in [0.4, 0.5) is 11.4 Å². The van der Waals surface area contributed by atoms with Crippen LogP contribution >= 0.6 is 15.9 Å². The van der Waals surface area contributed by atoms with Crippen LogP contribution in [-0.4, -0.2) is 33.7 Å². The summed E-state index contributed by atoms with van der Waals surface area (Å²) in [5.41, 5.74) is 2.23. The van der Waals surface area contributed by atoms with E-state index in [9.17, 15) is 10.1 Å². The molecule has 0 saturated heterocycles. The molecule has 2 aromatic carbocycles. The molecule has 0 saturated carbocycles. The van der Waals surface area contributed by atoms with Gasteiger partial charge in [-0.1, -0.05) is 15.9 Å². The number of hydrogen-bond acceptors (Lipinski definition) is 5. The number of rotatable bonds is 7. The average molecular weight is 444 g/mol. The fraction of sp³-hybridized carbons (Fsp3) is 0.238. The third kappa shape index (κ3) is 5.27. The van der Waals surface area contributed by atoms with Gasteiger partial charge in [-0.3, -0.25) is 4.79 Å². The lowest BCUT2D eigenvalue weighted by atomic mass is 10.1. The van der Waals surface area contributed by atoms with E-state index < -0.39 is 5.91 Å². The molecule has 146 valence electrons. The fourth-order valence-corrected chi connectivity index (χ4v) is 2.87. The van der Waals surface area contributed by atoms with Gasteiger partial charge < -0.3 is 19.7 Å². The number of amides is 1. The number of benzene rings is 2. The molecule has 0 fully saturated rings. The van der Waals surface area contributed by atoms with Gasteiger partial charge in [0.25, 0.3) is 5.91 Å². The number of carbonyl (C=O) groups is 1.